The molecule has 0 aliphatic heterocycles. The molecule has 0 aromatic carbocycles. The third kappa shape index (κ3) is 1.62. The molecule has 0 unspecified atom stereocenters. The van der Waals surface area contributed by atoms with Gasteiger partial charge in [0.25, 0.3) is 0 Å². The Morgan fingerprint density at radius 1 is 1.08 bits per heavy atom. The van der Waals surface area contributed by atoms with Gasteiger partial charge in [-0.1, -0.05) is 0 Å². The smallest absolute Gasteiger partial charge is 0.0676 e. The Balaban J connectivity index is 0.000000720. The first-order valence-electron chi connectivity index (χ1n) is 3.37. The largest absolute Gasteiger partial charge is 0.265 e. The number of aromatic nitrogens is 3. The van der Waals surface area contributed by atoms with Crippen molar-refractivity contribution in [3.05, 3.63) is 43.0 Å². The highest BCUT2D eigenvalue weighted by molar-refractivity contribution is 5.85. The van der Waals surface area contributed by atoms with Gasteiger partial charge in [0.15, 0.2) is 0 Å². The summed E-state index contributed by atoms with van der Waals surface area (Å²) >= 11 is 0. The summed E-state index contributed by atoms with van der Waals surface area (Å²) in [4.78, 5) is 3.91. The Morgan fingerprint density at radius 2 is 1.83 bits per heavy atom. The van der Waals surface area contributed by atoms with Gasteiger partial charge in [-0.15, -0.1) is 12.4 Å². The fourth-order valence-corrected chi connectivity index (χ4v) is 0.918. The predicted octanol–water partition coefficient (Wildman–Crippen LogP) is 1.69. The van der Waals surface area contributed by atoms with Crippen LogP contribution in [0.3, 0.4) is 0 Å². The van der Waals surface area contributed by atoms with Gasteiger partial charge in [0.2, 0.25) is 0 Å². The second kappa shape index (κ2) is 3.88. The molecular formula is C8H8ClN3. The first-order chi connectivity index (χ1) is 5.47. The number of nitrogens with zero attached hydrogens (tertiary/aromatic N) is 3. The van der Waals surface area contributed by atoms with Crippen molar-refractivity contribution in [1.82, 2.24) is 14.8 Å². The van der Waals surface area contributed by atoms with Crippen molar-refractivity contribution in [2.75, 3.05) is 0 Å². The van der Waals surface area contributed by atoms with E-state index in [1.54, 1.807) is 23.3 Å². The molecule has 0 bridgehead atoms. The van der Waals surface area contributed by atoms with E-state index in [0.29, 0.717) is 0 Å². The van der Waals surface area contributed by atoms with E-state index < -0.39 is 0 Å². The van der Waals surface area contributed by atoms with Crippen molar-refractivity contribution < 1.29 is 0 Å². The van der Waals surface area contributed by atoms with E-state index >= 15 is 0 Å². The Kier molecular flexibility index (Phi) is 2.82. The Hall–Kier alpha value is -1.35. The van der Waals surface area contributed by atoms with Crippen molar-refractivity contribution in [1.29, 1.82) is 0 Å². The van der Waals surface area contributed by atoms with E-state index in [9.17, 15) is 0 Å². The standard InChI is InChI=1S/C8H7N3.ClH/c1-4-10-11(7-1)8-2-5-9-6-3-8;/h1-7H;1H. The summed E-state index contributed by atoms with van der Waals surface area (Å²) < 4.78 is 1.79. The van der Waals surface area contributed by atoms with Crippen LogP contribution < -0.4 is 0 Å². The average molecular weight is 182 g/mol. The lowest BCUT2D eigenvalue weighted by molar-refractivity contribution is 0.877. The summed E-state index contributed by atoms with van der Waals surface area (Å²) in [6.07, 6.45) is 7.14. The lowest BCUT2D eigenvalue weighted by Crippen LogP contribution is -1.92. The van der Waals surface area contributed by atoms with E-state index in [1.165, 1.54) is 0 Å². The molecule has 12 heavy (non-hydrogen) atoms. The van der Waals surface area contributed by atoms with E-state index in [1.807, 2.05) is 24.4 Å². The summed E-state index contributed by atoms with van der Waals surface area (Å²) in [5.41, 5.74) is 1.03. The van der Waals surface area contributed by atoms with Crippen molar-refractivity contribution in [2.45, 2.75) is 0 Å². The van der Waals surface area contributed by atoms with E-state index in [0.717, 1.165) is 5.69 Å². The molecule has 62 valence electrons. The summed E-state index contributed by atoms with van der Waals surface area (Å²) in [6, 6.07) is 5.71. The van der Waals surface area contributed by atoms with Gasteiger partial charge in [0, 0.05) is 24.8 Å². The summed E-state index contributed by atoms with van der Waals surface area (Å²) in [5, 5.41) is 4.08. The third-order valence-electron chi connectivity index (χ3n) is 1.43. The fourth-order valence-electron chi connectivity index (χ4n) is 0.918. The fraction of sp³-hybridized carbons (Fsp3) is 0. The molecule has 0 atom stereocenters. The number of hydrogen-bond donors (Lipinski definition) is 0. The van der Waals surface area contributed by atoms with Gasteiger partial charge < -0.3 is 0 Å². The molecule has 2 rings (SSSR count). The minimum Gasteiger partial charge on any atom is -0.265 e. The van der Waals surface area contributed by atoms with Gasteiger partial charge in [-0.05, 0) is 18.2 Å². The van der Waals surface area contributed by atoms with Crippen LogP contribution in [0.5, 0.6) is 0 Å². The quantitative estimate of drug-likeness (QED) is 0.671. The number of hydrogen-bond acceptors (Lipinski definition) is 2. The molecular weight excluding hydrogens is 174 g/mol. The topological polar surface area (TPSA) is 30.7 Å². The minimum absolute atomic E-state index is 0. The van der Waals surface area contributed by atoms with E-state index in [-0.39, 0.29) is 12.4 Å². The van der Waals surface area contributed by atoms with Crippen LogP contribution in [-0.2, 0) is 0 Å². The molecule has 0 saturated carbocycles. The molecule has 3 nitrogen and oxygen atoms in total. The highest BCUT2D eigenvalue weighted by atomic mass is 35.5. The van der Waals surface area contributed by atoms with Crippen LogP contribution in [0, 0.1) is 0 Å². The molecule has 0 aliphatic carbocycles. The molecule has 0 fully saturated rings. The number of halogens is 1. The molecule has 2 aromatic heterocycles. The molecule has 0 spiro atoms. The molecule has 0 amide bonds. The second-order valence-electron chi connectivity index (χ2n) is 2.16. The van der Waals surface area contributed by atoms with Gasteiger partial charge in [0.05, 0.1) is 5.69 Å². The Morgan fingerprint density at radius 3 is 2.42 bits per heavy atom. The van der Waals surface area contributed by atoms with Gasteiger partial charge in [-0.3, -0.25) is 4.98 Å². The number of rotatable bonds is 1. The lowest BCUT2D eigenvalue weighted by Gasteiger charge is -1.97. The number of pyridine rings is 1. The van der Waals surface area contributed by atoms with Gasteiger partial charge in [-0.25, -0.2) is 4.68 Å². The minimum atomic E-state index is 0. The first kappa shape index (κ1) is 8.74. The Bertz CT molecular complexity index is 317. The molecule has 4 heteroatoms. The summed E-state index contributed by atoms with van der Waals surface area (Å²) in [7, 11) is 0. The normalized spacial score (nSPS) is 9.00. The van der Waals surface area contributed by atoms with Crippen LogP contribution in [0.4, 0.5) is 0 Å². The second-order valence-corrected chi connectivity index (χ2v) is 2.16. The maximum atomic E-state index is 4.08. The lowest BCUT2D eigenvalue weighted by atomic mass is 10.4. The van der Waals surface area contributed by atoms with E-state index in [4.69, 9.17) is 0 Å². The SMILES string of the molecule is Cl.c1cnn(-c2ccncc2)c1. The first-order valence-corrected chi connectivity index (χ1v) is 3.37. The van der Waals surface area contributed by atoms with Crippen LogP contribution in [0.25, 0.3) is 5.69 Å². The highest BCUT2D eigenvalue weighted by Crippen LogP contribution is 2.01. The van der Waals surface area contributed by atoms with Crippen LogP contribution >= 0.6 is 12.4 Å². The molecule has 0 saturated heterocycles. The van der Waals surface area contributed by atoms with Gasteiger partial charge >= 0.3 is 0 Å². The van der Waals surface area contributed by atoms with Gasteiger partial charge in [0.1, 0.15) is 0 Å². The third-order valence-corrected chi connectivity index (χ3v) is 1.43. The van der Waals surface area contributed by atoms with Crippen molar-refractivity contribution in [3.63, 3.8) is 0 Å². The molecule has 2 aromatic rings. The average Bonchev–Trinajstić information content (AvgIpc) is 2.58. The summed E-state index contributed by atoms with van der Waals surface area (Å²) in [6.45, 7) is 0. The zero-order chi connectivity index (χ0) is 7.52. The molecule has 2 heterocycles. The van der Waals surface area contributed by atoms with Crippen molar-refractivity contribution in [2.24, 2.45) is 0 Å². The molecule has 0 aliphatic rings. The van der Waals surface area contributed by atoms with Crippen molar-refractivity contribution >= 4 is 12.4 Å². The monoisotopic (exact) mass is 181 g/mol. The van der Waals surface area contributed by atoms with Gasteiger partial charge in [-0.2, -0.15) is 5.10 Å². The van der Waals surface area contributed by atoms with E-state index in [2.05, 4.69) is 10.1 Å². The predicted molar refractivity (Wildman–Crippen MR) is 48.6 cm³/mol. The highest BCUT2D eigenvalue weighted by Gasteiger charge is 1.91. The van der Waals surface area contributed by atoms with Crippen LogP contribution in [0.1, 0.15) is 0 Å². The molecule has 0 radical (unpaired) electrons. The summed E-state index contributed by atoms with van der Waals surface area (Å²) in [5.74, 6) is 0. The van der Waals surface area contributed by atoms with Crippen molar-refractivity contribution in [3.8, 4) is 5.69 Å². The maximum absolute atomic E-state index is 4.08. The Labute approximate surface area is 76.5 Å². The van der Waals surface area contributed by atoms with Crippen LogP contribution in [0.15, 0.2) is 43.0 Å². The maximum Gasteiger partial charge on any atom is 0.0676 e. The zero-order valence-electron chi connectivity index (χ0n) is 6.29. The van der Waals surface area contributed by atoms with Crippen LogP contribution in [-0.4, -0.2) is 14.8 Å². The van der Waals surface area contributed by atoms with Crippen LogP contribution in [0.2, 0.25) is 0 Å². The zero-order valence-corrected chi connectivity index (χ0v) is 7.11. The molecule has 0 N–H and O–H groups in total.